The largest absolute Gasteiger partial charge is 0.348 e. The molecule has 0 radical (unpaired) electrons. The third-order valence-corrected chi connectivity index (χ3v) is 4.19. The maximum Gasteiger partial charge on any atom is 0.254 e. The summed E-state index contributed by atoms with van der Waals surface area (Å²) in [6.07, 6.45) is 2.54. The second kappa shape index (κ2) is 6.12. The Kier molecular flexibility index (Phi) is 4.22. The van der Waals surface area contributed by atoms with Crippen molar-refractivity contribution in [3.05, 3.63) is 35.1 Å². The fourth-order valence-electron chi connectivity index (χ4n) is 2.98. The number of ether oxygens (including phenoxy) is 2. The average Bonchev–Trinajstić information content (AvgIpc) is 3.03. The summed E-state index contributed by atoms with van der Waals surface area (Å²) in [5.41, 5.74) is 0.937. The van der Waals surface area contributed by atoms with Gasteiger partial charge < -0.3 is 14.4 Å². The lowest BCUT2D eigenvalue weighted by Crippen LogP contribution is -2.50. The maximum absolute atomic E-state index is 13.7. The molecule has 4 nitrogen and oxygen atoms in total. The summed E-state index contributed by atoms with van der Waals surface area (Å²) in [5.74, 6) is -0.486. The van der Waals surface area contributed by atoms with Gasteiger partial charge in [0.15, 0.2) is 6.29 Å². The van der Waals surface area contributed by atoms with E-state index < -0.39 is 0 Å². The molecule has 2 fully saturated rings. The van der Waals surface area contributed by atoms with Crippen molar-refractivity contribution in [1.82, 2.24) is 4.90 Å². The predicted octanol–water partition coefficient (Wildman–Crippen LogP) is 2.50. The highest BCUT2D eigenvalue weighted by Crippen LogP contribution is 2.26. The van der Waals surface area contributed by atoms with Crippen LogP contribution in [-0.4, -0.2) is 42.9 Å². The molecule has 0 aromatic heterocycles. The molecule has 1 aromatic carbocycles. The molecule has 5 heteroatoms. The van der Waals surface area contributed by atoms with Crippen molar-refractivity contribution in [2.45, 2.75) is 38.5 Å². The van der Waals surface area contributed by atoms with Gasteiger partial charge in [0.1, 0.15) is 5.82 Å². The number of likely N-dealkylation sites (tertiary alicyclic amines) is 1. The van der Waals surface area contributed by atoms with E-state index in [-0.39, 0.29) is 24.1 Å². The van der Waals surface area contributed by atoms with Gasteiger partial charge in [0.25, 0.3) is 5.91 Å². The van der Waals surface area contributed by atoms with Gasteiger partial charge in [0.2, 0.25) is 0 Å². The van der Waals surface area contributed by atoms with Gasteiger partial charge in [-0.1, -0.05) is 6.07 Å². The normalized spacial score (nSPS) is 23.5. The summed E-state index contributed by atoms with van der Waals surface area (Å²) < 4.78 is 24.8. The van der Waals surface area contributed by atoms with E-state index >= 15 is 0 Å². The van der Waals surface area contributed by atoms with E-state index in [1.165, 1.54) is 6.07 Å². The molecule has 1 atom stereocenters. The highest BCUT2D eigenvalue weighted by atomic mass is 19.1. The summed E-state index contributed by atoms with van der Waals surface area (Å²) in [5, 5.41) is 0. The van der Waals surface area contributed by atoms with Gasteiger partial charge in [-0.05, 0) is 43.9 Å². The van der Waals surface area contributed by atoms with Crippen molar-refractivity contribution >= 4 is 5.91 Å². The number of amides is 1. The van der Waals surface area contributed by atoms with Crippen LogP contribution in [-0.2, 0) is 9.47 Å². The first-order valence-electron chi connectivity index (χ1n) is 7.47. The standard InChI is InChI=1S/C16H20FNO3/c1-11-5-6-12(10-13(11)17)15(19)18-7-3-2-4-14(18)16-20-8-9-21-16/h5-6,10,14,16H,2-4,7-9H2,1H3/t14-/m0/s1. The number of carbonyl (C=O) groups is 1. The summed E-state index contributed by atoms with van der Waals surface area (Å²) in [7, 11) is 0. The monoisotopic (exact) mass is 293 g/mol. The highest BCUT2D eigenvalue weighted by molar-refractivity contribution is 5.94. The van der Waals surface area contributed by atoms with E-state index in [2.05, 4.69) is 0 Å². The molecule has 114 valence electrons. The Bertz CT molecular complexity index is 528. The zero-order chi connectivity index (χ0) is 14.8. The first-order chi connectivity index (χ1) is 10.2. The predicted molar refractivity (Wildman–Crippen MR) is 75.5 cm³/mol. The first-order valence-corrected chi connectivity index (χ1v) is 7.47. The SMILES string of the molecule is Cc1ccc(C(=O)N2CCCC[C@H]2C2OCCO2)cc1F. The van der Waals surface area contributed by atoms with Crippen LogP contribution in [0, 0.1) is 12.7 Å². The minimum atomic E-state index is -0.345. The molecule has 0 spiro atoms. The van der Waals surface area contributed by atoms with Gasteiger partial charge in [0.05, 0.1) is 19.3 Å². The molecule has 0 bridgehead atoms. The number of halogens is 1. The van der Waals surface area contributed by atoms with Gasteiger partial charge in [-0.2, -0.15) is 0 Å². The molecular formula is C16H20FNO3. The van der Waals surface area contributed by atoms with Gasteiger partial charge in [-0.3, -0.25) is 4.79 Å². The van der Waals surface area contributed by atoms with E-state index in [0.717, 1.165) is 19.3 Å². The van der Waals surface area contributed by atoms with Crippen molar-refractivity contribution in [1.29, 1.82) is 0 Å². The summed E-state index contributed by atoms with van der Waals surface area (Å²) in [6.45, 7) is 3.50. The lowest BCUT2D eigenvalue weighted by Gasteiger charge is -2.38. The number of aryl methyl sites for hydroxylation is 1. The Morgan fingerprint density at radius 1 is 1.29 bits per heavy atom. The zero-order valence-electron chi connectivity index (χ0n) is 12.2. The van der Waals surface area contributed by atoms with Crippen LogP contribution in [0.15, 0.2) is 18.2 Å². The van der Waals surface area contributed by atoms with Crippen molar-refractivity contribution in [3.63, 3.8) is 0 Å². The molecule has 3 rings (SSSR count). The molecule has 0 N–H and O–H groups in total. The number of carbonyl (C=O) groups excluding carboxylic acids is 1. The van der Waals surface area contributed by atoms with Gasteiger partial charge in [-0.25, -0.2) is 4.39 Å². The first kappa shape index (κ1) is 14.5. The molecule has 0 aliphatic carbocycles. The maximum atomic E-state index is 13.7. The van der Waals surface area contributed by atoms with E-state index in [1.54, 1.807) is 24.0 Å². The highest BCUT2D eigenvalue weighted by Gasteiger charge is 2.36. The third-order valence-electron chi connectivity index (χ3n) is 4.19. The summed E-state index contributed by atoms with van der Waals surface area (Å²) >= 11 is 0. The van der Waals surface area contributed by atoms with Crippen LogP contribution >= 0.6 is 0 Å². The molecule has 1 amide bonds. The van der Waals surface area contributed by atoms with Gasteiger partial charge in [-0.15, -0.1) is 0 Å². The Hall–Kier alpha value is -1.46. The fraction of sp³-hybridized carbons (Fsp3) is 0.562. The molecule has 2 heterocycles. The van der Waals surface area contributed by atoms with E-state index in [0.29, 0.717) is 30.9 Å². The molecule has 2 aliphatic rings. The number of nitrogens with zero attached hydrogens (tertiary/aromatic N) is 1. The van der Waals surface area contributed by atoms with E-state index in [9.17, 15) is 9.18 Å². The fourth-order valence-corrected chi connectivity index (χ4v) is 2.98. The van der Waals surface area contributed by atoms with Crippen LogP contribution in [0.4, 0.5) is 4.39 Å². The van der Waals surface area contributed by atoms with Crippen molar-refractivity contribution in [2.24, 2.45) is 0 Å². The Balaban J connectivity index is 1.81. The van der Waals surface area contributed by atoms with Crippen LogP contribution < -0.4 is 0 Å². The zero-order valence-corrected chi connectivity index (χ0v) is 12.2. The Morgan fingerprint density at radius 3 is 2.76 bits per heavy atom. The smallest absolute Gasteiger partial charge is 0.254 e. The molecule has 0 saturated carbocycles. The van der Waals surface area contributed by atoms with E-state index in [4.69, 9.17) is 9.47 Å². The van der Waals surface area contributed by atoms with Crippen LogP contribution in [0.1, 0.15) is 35.2 Å². The second-order valence-electron chi connectivity index (χ2n) is 5.64. The van der Waals surface area contributed by atoms with Crippen LogP contribution in [0.5, 0.6) is 0 Å². The Morgan fingerprint density at radius 2 is 2.05 bits per heavy atom. The van der Waals surface area contributed by atoms with Crippen LogP contribution in [0.3, 0.4) is 0 Å². The molecular weight excluding hydrogens is 273 g/mol. The van der Waals surface area contributed by atoms with Crippen LogP contribution in [0.25, 0.3) is 0 Å². The number of hydrogen-bond donors (Lipinski definition) is 0. The third kappa shape index (κ3) is 2.94. The second-order valence-corrected chi connectivity index (χ2v) is 5.64. The number of piperidine rings is 1. The molecule has 0 unspecified atom stereocenters. The number of rotatable bonds is 2. The van der Waals surface area contributed by atoms with Crippen molar-refractivity contribution in [2.75, 3.05) is 19.8 Å². The van der Waals surface area contributed by atoms with Gasteiger partial charge >= 0.3 is 0 Å². The Labute approximate surface area is 123 Å². The minimum Gasteiger partial charge on any atom is -0.348 e. The molecule has 2 aliphatic heterocycles. The summed E-state index contributed by atoms with van der Waals surface area (Å²) in [6, 6.07) is 4.57. The quantitative estimate of drug-likeness (QED) is 0.841. The molecule has 1 aromatic rings. The summed E-state index contributed by atoms with van der Waals surface area (Å²) in [4.78, 5) is 14.5. The van der Waals surface area contributed by atoms with Crippen LogP contribution in [0.2, 0.25) is 0 Å². The molecule has 2 saturated heterocycles. The lowest BCUT2D eigenvalue weighted by molar-refractivity contribution is -0.100. The number of hydrogen-bond acceptors (Lipinski definition) is 3. The number of benzene rings is 1. The minimum absolute atomic E-state index is 0.0712. The van der Waals surface area contributed by atoms with Crippen molar-refractivity contribution in [3.8, 4) is 0 Å². The lowest BCUT2D eigenvalue weighted by atomic mass is 10.00. The van der Waals surface area contributed by atoms with Crippen molar-refractivity contribution < 1.29 is 18.7 Å². The van der Waals surface area contributed by atoms with E-state index in [1.807, 2.05) is 0 Å². The average molecular weight is 293 g/mol. The topological polar surface area (TPSA) is 38.8 Å². The van der Waals surface area contributed by atoms with Gasteiger partial charge in [0, 0.05) is 12.1 Å². The molecule has 21 heavy (non-hydrogen) atoms.